The summed E-state index contributed by atoms with van der Waals surface area (Å²) in [6, 6.07) is 4.34. The minimum Gasteiger partial charge on any atom is -0.361 e. The van der Waals surface area contributed by atoms with Crippen LogP contribution < -0.4 is 0 Å². The van der Waals surface area contributed by atoms with Crippen LogP contribution in [0.25, 0.3) is 0 Å². The predicted molar refractivity (Wildman–Crippen MR) is 104 cm³/mol. The van der Waals surface area contributed by atoms with E-state index in [0.717, 1.165) is 38.4 Å². The van der Waals surface area contributed by atoms with Crippen molar-refractivity contribution in [1.82, 2.24) is 15.0 Å². The average molecular weight is 403 g/mol. The lowest BCUT2D eigenvalue weighted by Crippen LogP contribution is -2.45. The van der Waals surface area contributed by atoms with E-state index in [1.807, 2.05) is 11.8 Å². The van der Waals surface area contributed by atoms with Gasteiger partial charge in [0.2, 0.25) is 0 Å². The molecule has 0 N–H and O–H groups in total. The summed E-state index contributed by atoms with van der Waals surface area (Å²) in [6.45, 7) is 7.16. The van der Waals surface area contributed by atoms with Crippen molar-refractivity contribution in [3.8, 4) is 0 Å². The van der Waals surface area contributed by atoms with E-state index in [0.29, 0.717) is 48.6 Å². The Morgan fingerprint density at radius 3 is 2.86 bits per heavy atom. The SMILES string of the molecule is CCc1noc(C)c1C(=O)N1CCC2(CCCN(Cc3cccc(F)c3F)C2)C1. The van der Waals surface area contributed by atoms with Crippen molar-refractivity contribution in [3.05, 3.63) is 52.4 Å². The number of rotatable bonds is 4. The lowest BCUT2D eigenvalue weighted by molar-refractivity contribution is 0.0670. The van der Waals surface area contributed by atoms with Gasteiger partial charge in [-0.1, -0.05) is 24.2 Å². The highest BCUT2D eigenvalue weighted by atomic mass is 19.2. The van der Waals surface area contributed by atoms with E-state index in [2.05, 4.69) is 10.1 Å². The number of amides is 1. The van der Waals surface area contributed by atoms with Gasteiger partial charge in [0.05, 0.1) is 5.69 Å². The molecular weight excluding hydrogens is 376 g/mol. The van der Waals surface area contributed by atoms with Gasteiger partial charge in [0.15, 0.2) is 11.6 Å². The van der Waals surface area contributed by atoms with Crippen LogP contribution in [0.15, 0.2) is 22.7 Å². The Morgan fingerprint density at radius 1 is 1.24 bits per heavy atom. The van der Waals surface area contributed by atoms with E-state index in [1.165, 1.54) is 0 Å². The van der Waals surface area contributed by atoms with Crippen molar-refractivity contribution in [3.63, 3.8) is 0 Å². The Balaban J connectivity index is 1.46. The number of aryl methyl sites for hydroxylation is 2. The highest BCUT2D eigenvalue weighted by Crippen LogP contribution is 2.40. The quantitative estimate of drug-likeness (QED) is 0.776. The number of hydrogen-bond acceptors (Lipinski definition) is 4. The van der Waals surface area contributed by atoms with Crippen LogP contribution in [0.5, 0.6) is 0 Å². The molecule has 156 valence electrons. The van der Waals surface area contributed by atoms with Gasteiger partial charge < -0.3 is 9.42 Å². The second-order valence-electron chi connectivity index (χ2n) is 8.42. The van der Waals surface area contributed by atoms with E-state index in [-0.39, 0.29) is 11.3 Å². The van der Waals surface area contributed by atoms with Gasteiger partial charge >= 0.3 is 0 Å². The van der Waals surface area contributed by atoms with Gasteiger partial charge in [0.25, 0.3) is 5.91 Å². The van der Waals surface area contributed by atoms with Crippen LogP contribution in [-0.2, 0) is 13.0 Å². The maximum atomic E-state index is 14.1. The van der Waals surface area contributed by atoms with Gasteiger partial charge in [0, 0.05) is 37.2 Å². The second kappa shape index (κ2) is 7.86. The fraction of sp³-hybridized carbons (Fsp3) is 0.545. The number of carbonyl (C=O) groups excluding carboxylic acids is 1. The first kappa shape index (κ1) is 20.0. The highest BCUT2D eigenvalue weighted by Gasteiger charge is 2.43. The van der Waals surface area contributed by atoms with Crippen LogP contribution in [-0.4, -0.2) is 47.0 Å². The molecule has 2 aliphatic rings. The van der Waals surface area contributed by atoms with E-state index in [9.17, 15) is 13.6 Å². The van der Waals surface area contributed by atoms with Crippen LogP contribution >= 0.6 is 0 Å². The topological polar surface area (TPSA) is 49.6 Å². The number of hydrogen-bond donors (Lipinski definition) is 0. The lowest BCUT2D eigenvalue weighted by Gasteiger charge is -2.40. The molecule has 0 aliphatic carbocycles. The largest absolute Gasteiger partial charge is 0.361 e. The summed E-state index contributed by atoms with van der Waals surface area (Å²) in [5, 5.41) is 4.01. The molecule has 1 aromatic carbocycles. The number of benzene rings is 1. The third-order valence-electron chi connectivity index (χ3n) is 6.37. The van der Waals surface area contributed by atoms with Crippen LogP contribution in [0.1, 0.15) is 53.6 Å². The monoisotopic (exact) mass is 403 g/mol. The summed E-state index contributed by atoms with van der Waals surface area (Å²) in [6.07, 6.45) is 3.62. The van der Waals surface area contributed by atoms with Crippen molar-refractivity contribution in [2.75, 3.05) is 26.2 Å². The molecule has 2 fully saturated rings. The summed E-state index contributed by atoms with van der Waals surface area (Å²) in [7, 11) is 0. The van der Waals surface area contributed by atoms with E-state index in [1.54, 1.807) is 19.1 Å². The Morgan fingerprint density at radius 2 is 2.07 bits per heavy atom. The van der Waals surface area contributed by atoms with Gasteiger partial charge in [-0.2, -0.15) is 0 Å². The number of piperidine rings is 1. The summed E-state index contributed by atoms with van der Waals surface area (Å²) >= 11 is 0. The number of halogens is 2. The summed E-state index contributed by atoms with van der Waals surface area (Å²) in [4.78, 5) is 17.2. The van der Waals surface area contributed by atoms with Crippen LogP contribution in [0.3, 0.4) is 0 Å². The maximum Gasteiger partial charge on any atom is 0.259 e. The zero-order valence-electron chi connectivity index (χ0n) is 17.0. The van der Waals surface area contributed by atoms with E-state index in [4.69, 9.17) is 4.52 Å². The first-order chi connectivity index (χ1) is 13.9. The van der Waals surface area contributed by atoms with Crippen LogP contribution in [0.2, 0.25) is 0 Å². The fourth-order valence-corrected chi connectivity index (χ4v) is 4.89. The van der Waals surface area contributed by atoms with Gasteiger partial charge in [-0.3, -0.25) is 9.69 Å². The van der Waals surface area contributed by atoms with Crippen LogP contribution in [0.4, 0.5) is 8.78 Å². The molecule has 0 radical (unpaired) electrons. The molecule has 5 nitrogen and oxygen atoms in total. The Labute approximate surface area is 169 Å². The molecule has 1 amide bonds. The van der Waals surface area contributed by atoms with Crippen molar-refractivity contribution < 1.29 is 18.1 Å². The molecule has 1 spiro atoms. The number of aromatic nitrogens is 1. The first-order valence-electron chi connectivity index (χ1n) is 10.3. The second-order valence-corrected chi connectivity index (χ2v) is 8.42. The molecule has 1 aromatic heterocycles. The highest BCUT2D eigenvalue weighted by molar-refractivity contribution is 5.96. The molecule has 7 heteroatoms. The first-order valence-corrected chi connectivity index (χ1v) is 10.3. The van der Waals surface area contributed by atoms with Gasteiger partial charge in [-0.05, 0) is 45.2 Å². The minimum atomic E-state index is -0.803. The Hall–Kier alpha value is -2.28. The van der Waals surface area contributed by atoms with Gasteiger partial charge in [0.1, 0.15) is 11.3 Å². The zero-order valence-corrected chi connectivity index (χ0v) is 17.0. The molecule has 1 atom stereocenters. The fourth-order valence-electron chi connectivity index (χ4n) is 4.89. The molecule has 3 heterocycles. The predicted octanol–water partition coefficient (Wildman–Crippen LogP) is 3.95. The third kappa shape index (κ3) is 3.80. The molecule has 0 saturated carbocycles. The van der Waals surface area contributed by atoms with E-state index < -0.39 is 11.6 Å². The van der Waals surface area contributed by atoms with Crippen molar-refractivity contribution >= 4 is 5.91 Å². The molecule has 4 rings (SSSR count). The van der Waals surface area contributed by atoms with Crippen molar-refractivity contribution in [2.24, 2.45) is 5.41 Å². The zero-order chi connectivity index (χ0) is 20.6. The molecule has 0 bridgehead atoms. The van der Waals surface area contributed by atoms with Crippen molar-refractivity contribution in [2.45, 2.75) is 46.1 Å². The third-order valence-corrected chi connectivity index (χ3v) is 6.37. The average Bonchev–Trinajstić information content (AvgIpc) is 3.28. The minimum absolute atomic E-state index is 0.00854. The Kier molecular flexibility index (Phi) is 5.42. The molecule has 2 aromatic rings. The lowest BCUT2D eigenvalue weighted by atomic mass is 9.79. The van der Waals surface area contributed by atoms with Crippen LogP contribution in [0, 0.1) is 24.0 Å². The molecular formula is C22H27F2N3O2. The summed E-state index contributed by atoms with van der Waals surface area (Å²) in [5.74, 6) is -1.00. The maximum absolute atomic E-state index is 14.1. The number of likely N-dealkylation sites (tertiary alicyclic amines) is 2. The smallest absolute Gasteiger partial charge is 0.259 e. The molecule has 2 aliphatic heterocycles. The van der Waals surface area contributed by atoms with Gasteiger partial charge in [-0.15, -0.1) is 0 Å². The standard InChI is InChI=1S/C22H27F2N3O2/c1-3-18-19(15(2)29-25-18)21(28)27-11-9-22(14-27)8-5-10-26(13-22)12-16-6-4-7-17(23)20(16)24/h4,6-7H,3,5,8-14H2,1-2H3. The number of nitrogens with zero attached hydrogens (tertiary/aromatic N) is 3. The summed E-state index contributed by atoms with van der Waals surface area (Å²) in [5.41, 5.74) is 1.70. The molecule has 2 saturated heterocycles. The summed E-state index contributed by atoms with van der Waals surface area (Å²) < 4.78 is 32.9. The Bertz CT molecular complexity index is 913. The molecule has 1 unspecified atom stereocenters. The van der Waals surface area contributed by atoms with Gasteiger partial charge in [-0.25, -0.2) is 8.78 Å². The van der Waals surface area contributed by atoms with E-state index >= 15 is 0 Å². The molecule has 29 heavy (non-hydrogen) atoms. The number of carbonyl (C=O) groups is 1. The normalized spacial score (nSPS) is 22.6. The van der Waals surface area contributed by atoms with Crippen molar-refractivity contribution in [1.29, 1.82) is 0 Å².